The molecule has 17 heavy (non-hydrogen) atoms. The van der Waals surface area contributed by atoms with Crippen LogP contribution >= 0.6 is 0 Å². The summed E-state index contributed by atoms with van der Waals surface area (Å²) in [6, 6.07) is 8.50. The molecule has 1 aromatic carbocycles. The van der Waals surface area contributed by atoms with E-state index in [0.29, 0.717) is 6.42 Å². The fourth-order valence-electron chi connectivity index (χ4n) is 2.83. The molecule has 2 nitrogen and oxygen atoms in total. The second-order valence-corrected chi connectivity index (χ2v) is 5.06. The van der Waals surface area contributed by atoms with Crippen LogP contribution in [-0.4, -0.2) is 5.11 Å². The van der Waals surface area contributed by atoms with Crippen LogP contribution in [0.25, 0.3) is 0 Å². The topological polar surface area (TPSA) is 44.0 Å². The summed E-state index contributed by atoms with van der Waals surface area (Å²) in [6.45, 7) is 4.08. The van der Waals surface area contributed by atoms with Crippen LogP contribution in [0.4, 0.5) is 0 Å². The molecule has 0 saturated carbocycles. The Hall–Kier alpha value is -1.33. The first-order valence-corrected chi connectivity index (χ1v) is 6.34. The number of nitriles is 1. The lowest BCUT2D eigenvalue weighted by molar-refractivity contribution is -0.00420. The smallest absolute Gasteiger partial charge is 0.106 e. The molecular formula is C15H19NO. The molecule has 0 aliphatic heterocycles. The average molecular weight is 229 g/mol. The van der Waals surface area contributed by atoms with Crippen LogP contribution in [0, 0.1) is 24.2 Å². The van der Waals surface area contributed by atoms with Crippen LogP contribution in [0.3, 0.4) is 0 Å². The Morgan fingerprint density at radius 2 is 2.29 bits per heavy atom. The Kier molecular flexibility index (Phi) is 3.22. The van der Waals surface area contributed by atoms with Crippen molar-refractivity contribution in [3.8, 4) is 6.07 Å². The van der Waals surface area contributed by atoms with E-state index in [0.717, 1.165) is 30.4 Å². The van der Waals surface area contributed by atoms with Crippen molar-refractivity contribution < 1.29 is 5.11 Å². The minimum Gasteiger partial charge on any atom is -0.384 e. The maximum Gasteiger partial charge on any atom is 0.106 e. The van der Waals surface area contributed by atoms with Crippen LogP contribution in [-0.2, 0) is 12.0 Å². The van der Waals surface area contributed by atoms with E-state index < -0.39 is 5.60 Å². The van der Waals surface area contributed by atoms with Crippen LogP contribution in [0.2, 0.25) is 0 Å². The summed E-state index contributed by atoms with van der Waals surface area (Å²) in [7, 11) is 0. The molecule has 2 rings (SSSR count). The fourth-order valence-corrected chi connectivity index (χ4v) is 2.83. The number of nitrogens with zero attached hydrogens (tertiary/aromatic N) is 1. The van der Waals surface area contributed by atoms with E-state index >= 15 is 0 Å². The van der Waals surface area contributed by atoms with Gasteiger partial charge in [0.05, 0.1) is 12.0 Å². The molecule has 0 aromatic heterocycles. The van der Waals surface area contributed by atoms with Gasteiger partial charge in [-0.2, -0.15) is 5.26 Å². The zero-order valence-electron chi connectivity index (χ0n) is 10.5. The largest absolute Gasteiger partial charge is 0.384 e. The summed E-state index contributed by atoms with van der Waals surface area (Å²) in [5.74, 6) is -0.282. The van der Waals surface area contributed by atoms with Gasteiger partial charge in [0, 0.05) is 0 Å². The maximum absolute atomic E-state index is 10.8. The normalized spacial score (nSPS) is 24.1. The first-order valence-electron chi connectivity index (χ1n) is 6.34. The van der Waals surface area contributed by atoms with Gasteiger partial charge in [-0.15, -0.1) is 0 Å². The van der Waals surface area contributed by atoms with Crippen molar-refractivity contribution in [2.75, 3.05) is 0 Å². The second kappa shape index (κ2) is 4.50. The number of hydrogen-bond donors (Lipinski definition) is 1. The molecule has 0 spiro atoms. The van der Waals surface area contributed by atoms with Gasteiger partial charge in [-0.3, -0.25) is 0 Å². The van der Waals surface area contributed by atoms with Gasteiger partial charge >= 0.3 is 0 Å². The zero-order chi connectivity index (χ0) is 12.5. The van der Waals surface area contributed by atoms with E-state index in [-0.39, 0.29) is 5.92 Å². The first kappa shape index (κ1) is 12.1. The number of aryl methyl sites for hydroxylation is 2. The number of benzene rings is 1. The molecule has 0 bridgehead atoms. The molecule has 90 valence electrons. The van der Waals surface area contributed by atoms with Gasteiger partial charge in [-0.05, 0) is 37.3 Å². The average Bonchev–Trinajstić information content (AvgIpc) is 2.65. The van der Waals surface area contributed by atoms with Crippen molar-refractivity contribution in [3.05, 3.63) is 34.9 Å². The molecule has 1 aliphatic rings. The van der Waals surface area contributed by atoms with Gasteiger partial charge < -0.3 is 5.11 Å². The molecule has 2 heteroatoms. The van der Waals surface area contributed by atoms with Gasteiger partial charge in [0.2, 0.25) is 0 Å². The van der Waals surface area contributed by atoms with Gasteiger partial charge in [-0.1, -0.05) is 37.1 Å². The summed E-state index contributed by atoms with van der Waals surface area (Å²) in [6.07, 6.45) is 3.26. The molecular weight excluding hydrogens is 210 g/mol. The third-order valence-corrected chi connectivity index (χ3v) is 3.82. The van der Waals surface area contributed by atoms with E-state index in [1.165, 1.54) is 5.56 Å². The quantitative estimate of drug-likeness (QED) is 0.865. The Morgan fingerprint density at radius 3 is 2.94 bits per heavy atom. The highest BCUT2D eigenvalue weighted by Crippen LogP contribution is 2.43. The van der Waals surface area contributed by atoms with Gasteiger partial charge in [0.15, 0.2) is 0 Å². The highest BCUT2D eigenvalue weighted by Gasteiger charge is 2.43. The highest BCUT2D eigenvalue weighted by molar-refractivity contribution is 5.41. The Labute approximate surface area is 103 Å². The van der Waals surface area contributed by atoms with Crippen LogP contribution in [0.1, 0.15) is 42.9 Å². The van der Waals surface area contributed by atoms with E-state index in [2.05, 4.69) is 25.1 Å². The predicted octanol–water partition coefficient (Wildman–Crippen LogP) is 3.07. The van der Waals surface area contributed by atoms with E-state index in [9.17, 15) is 10.4 Å². The summed E-state index contributed by atoms with van der Waals surface area (Å²) < 4.78 is 0. The molecule has 0 amide bonds. The fraction of sp³-hybridized carbons (Fsp3) is 0.533. The number of rotatable bonds is 3. The van der Waals surface area contributed by atoms with Crippen molar-refractivity contribution >= 4 is 0 Å². The Bertz CT molecular complexity index is 460. The summed E-state index contributed by atoms with van der Waals surface area (Å²) >= 11 is 0. The number of hydrogen-bond acceptors (Lipinski definition) is 2. The first-order chi connectivity index (χ1) is 8.11. The molecule has 0 saturated heterocycles. The molecule has 2 unspecified atom stereocenters. The monoisotopic (exact) mass is 229 g/mol. The minimum absolute atomic E-state index is 0.282. The Balaban J connectivity index is 2.42. The van der Waals surface area contributed by atoms with E-state index in [1.54, 1.807) is 0 Å². The third-order valence-electron chi connectivity index (χ3n) is 3.82. The third kappa shape index (κ3) is 1.96. The van der Waals surface area contributed by atoms with E-state index in [1.807, 2.05) is 13.0 Å². The second-order valence-electron chi connectivity index (χ2n) is 5.06. The van der Waals surface area contributed by atoms with Crippen LogP contribution in [0.15, 0.2) is 18.2 Å². The van der Waals surface area contributed by atoms with Gasteiger partial charge in [0.25, 0.3) is 0 Å². The number of fused-ring (bicyclic) bond motifs is 1. The van der Waals surface area contributed by atoms with Crippen molar-refractivity contribution in [1.29, 1.82) is 5.26 Å². The SMILES string of the molecule is CCCC(C#N)C1(O)CCc2ccc(C)cc21. The zero-order valence-corrected chi connectivity index (χ0v) is 10.5. The molecule has 2 atom stereocenters. The van der Waals surface area contributed by atoms with Crippen molar-refractivity contribution in [3.63, 3.8) is 0 Å². The van der Waals surface area contributed by atoms with Crippen molar-refractivity contribution in [1.82, 2.24) is 0 Å². The molecule has 1 aromatic rings. The standard InChI is InChI=1S/C15H19NO/c1-3-4-13(10-16)15(17)8-7-12-6-5-11(2)9-14(12)15/h5-6,9,13,17H,3-4,7-8H2,1-2H3. The number of aliphatic hydroxyl groups is 1. The lowest BCUT2D eigenvalue weighted by Gasteiger charge is -2.29. The van der Waals surface area contributed by atoms with Crippen LogP contribution < -0.4 is 0 Å². The molecule has 0 heterocycles. The minimum atomic E-state index is -0.924. The molecule has 0 radical (unpaired) electrons. The Morgan fingerprint density at radius 1 is 1.53 bits per heavy atom. The lowest BCUT2D eigenvalue weighted by atomic mass is 9.80. The molecule has 0 fully saturated rings. The molecule has 1 aliphatic carbocycles. The van der Waals surface area contributed by atoms with E-state index in [4.69, 9.17) is 0 Å². The summed E-state index contributed by atoms with van der Waals surface area (Å²) in [5, 5.41) is 20.1. The van der Waals surface area contributed by atoms with Gasteiger partial charge in [0.1, 0.15) is 5.60 Å². The summed E-state index contributed by atoms with van der Waals surface area (Å²) in [5.41, 5.74) is 2.41. The van der Waals surface area contributed by atoms with Crippen molar-refractivity contribution in [2.45, 2.75) is 45.1 Å². The van der Waals surface area contributed by atoms with Crippen molar-refractivity contribution in [2.24, 2.45) is 5.92 Å². The summed E-state index contributed by atoms with van der Waals surface area (Å²) in [4.78, 5) is 0. The molecule has 1 N–H and O–H groups in total. The highest BCUT2D eigenvalue weighted by atomic mass is 16.3. The van der Waals surface area contributed by atoms with Crippen LogP contribution in [0.5, 0.6) is 0 Å². The predicted molar refractivity (Wildman–Crippen MR) is 67.4 cm³/mol. The van der Waals surface area contributed by atoms with Gasteiger partial charge in [-0.25, -0.2) is 0 Å². The maximum atomic E-state index is 10.8. The lowest BCUT2D eigenvalue weighted by Crippen LogP contribution is -2.32.